The van der Waals surface area contributed by atoms with Crippen molar-refractivity contribution in [1.82, 2.24) is 15.4 Å². The van der Waals surface area contributed by atoms with Gasteiger partial charge in [-0.1, -0.05) is 4.68 Å². The Hall–Kier alpha value is -2.54. The lowest BCUT2D eigenvalue weighted by molar-refractivity contribution is -0.508. The molecule has 92 valence electrons. The first-order valence-corrected chi connectivity index (χ1v) is 5.18. The third-order valence-corrected chi connectivity index (χ3v) is 2.20. The van der Waals surface area contributed by atoms with Gasteiger partial charge in [0.15, 0.2) is 18.2 Å². The molecule has 0 spiro atoms. The van der Waals surface area contributed by atoms with Gasteiger partial charge in [0.2, 0.25) is 0 Å². The quantitative estimate of drug-likeness (QED) is 0.597. The Bertz CT molecular complexity index is 536. The van der Waals surface area contributed by atoms with Crippen molar-refractivity contribution in [1.29, 1.82) is 0 Å². The molecular weight excluding hydrogens is 234 g/mol. The second-order valence-corrected chi connectivity index (χ2v) is 3.52. The first-order chi connectivity index (χ1) is 8.66. The van der Waals surface area contributed by atoms with E-state index in [4.69, 9.17) is 5.73 Å². The SMILES string of the molecule is N[C@@H](C=[N+]1C=CC(c2ncccn2)=CN1)C(=O)[O-]. The minimum Gasteiger partial charge on any atom is -0.548 e. The Labute approximate surface area is 103 Å². The Morgan fingerprint density at radius 2 is 2.22 bits per heavy atom. The number of hydrogen-bond acceptors (Lipinski definition) is 6. The first-order valence-electron chi connectivity index (χ1n) is 5.18. The molecule has 7 nitrogen and oxygen atoms in total. The molecule has 18 heavy (non-hydrogen) atoms. The van der Waals surface area contributed by atoms with Gasteiger partial charge in [-0.05, 0) is 6.07 Å². The number of carboxylic acids is 1. The summed E-state index contributed by atoms with van der Waals surface area (Å²) in [6.45, 7) is 0. The van der Waals surface area contributed by atoms with Gasteiger partial charge in [-0.3, -0.25) is 0 Å². The van der Waals surface area contributed by atoms with Crippen molar-refractivity contribution in [3.8, 4) is 0 Å². The van der Waals surface area contributed by atoms with Crippen molar-refractivity contribution in [3.63, 3.8) is 0 Å². The van der Waals surface area contributed by atoms with Gasteiger partial charge < -0.3 is 15.6 Å². The summed E-state index contributed by atoms with van der Waals surface area (Å²) in [7, 11) is 0. The van der Waals surface area contributed by atoms with Crippen LogP contribution in [0.1, 0.15) is 5.82 Å². The maximum absolute atomic E-state index is 10.5. The molecule has 0 saturated heterocycles. The van der Waals surface area contributed by atoms with Gasteiger partial charge >= 0.3 is 0 Å². The van der Waals surface area contributed by atoms with E-state index in [0.29, 0.717) is 5.82 Å². The van der Waals surface area contributed by atoms with Crippen LogP contribution in [0.2, 0.25) is 0 Å². The average Bonchev–Trinajstić information content (AvgIpc) is 2.40. The molecule has 2 heterocycles. The molecule has 0 amide bonds. The van der Waals surface area contributed by atoms with Gasteiger partial charge in [-0.2, -0.15) is 5.43 Å². The molecule has 1 aromatic heterocycles. The van der Waals surface area contributed by atoms with E-state index in [9.17, 15) is 9.90 Å². The molecule has 2 rings (SSSR count). The summed E-state index contributed by atoms with van der Waals surface area (Å²) < 4.78 is 1.42. The van der Waals surface area contributed by atoms with E-state index in [1.807, 2.05) is 0 Å². The van der Waals surface area contributed by atoms with E-state index < -0.39 is 12.0 Å². The summed E-state index contributed by atoms with van der Waals surface area (Å²) in [5.41, 5.74) is 8.93. The van der Waals surface area contributed by atoms with Crippen LogP contribution in [-0.2, 0) is 4.79 Å². The number of hydrogen-bond donors (Lipinski definition) is 2. The number of nitrogens with one attached hydrogen (secondary N) is 1. The van der Waals surface area contributed by atoms with E-state index in [1.165, 1.54) is 10.9 Å². The lowest BCUT2D eigenvalue weighted by atomic mass is 10.2. The zero-order chi connectivity index (χ0) is 13.0. The molecule has 7 heteroatoms. The van der Waals surface area contributed by atoms with Crippen LogP contribution < -0.4 is 16.3 Å². The Kier molecular flexibility index (Phi) is 3.44. The van der Waals surface area contributed by atoms with Gasteiger partial charge in [-0.25, -0.2) is 9.97 Å². The van der Waals surface area contributed by atoms with E-state index in [2.05, 4.69) is 15.4 Å². The number of carbonyl (C=O) groups is 1. The van der Waals surface area contributed by atoms with E-state index >= 15 is 0 Å². The largest absolute Gasteiger partial charge is 0.548 e. The average molecular weight is 245 g/mol. The minimum absolute atomic E-state index is 0.574. The van der Waals surface area contributed by atoms with Crippen LogP contribution in [0.5, 0.6) is 0 Å². The second-order valence-electron chi connectivity index (χ2n) is 3.52. The van der Waals surface area contributed by atoms with Crippen molar-refractivity contribution in [3.05, 3.63) is 42.8 Å². The summed E-state index contributed by atoms with van der Waals surface area (Å²) in [6, 6.07) is 0.549. The highest BCUT2D eigenvalue weighted by Crippen LogP contribution is 2.10. The summed E-state index contributed by atoms with van der Waals surface area (Å²) in [5.74, 6) is -0.767. The standard InChI is InChI=1S/C11H11N5O2/c12-9(11(17)18)7-16-5-2-8(6-15-16)10-13-3-1-4-14-10/h1-7,9H,12H2,(H-,13,14,15,17,18)/t9-/m0/s1. The molecule has 0 unspecified atom stereocenters. The second kappa shape index (κ2) is 5.19. The predicted octanol–water partition coefficient (Wildman–Crippen LogP) is -1.99. The molecule has 1 atom stereocenters. The first kappa shape index (κ1) is 11.9. The van der Waals surface area contributed by atoms with Gasteiger partial charge in [-0.15, -0.1) is 0 Å². The molecule has 0 aromatic carbocycles. The van der Waals surface area contributed by atoms with E-state index in [0.717, 1.165) is 5.57 Å². The Balaban J connectivity index is 2.10. The molecule has 0 saturated carbocycles. The molecule has 0 bridgehead atoms. The minimum atomic E-state index is -1.34. The predicted molar refractivity (Wildman–Crippen MR) is 61.6 cm³/mol. The van der Waals surface area contributed by atoms with Gasteiger partial charge in [0.25, 0.3) is 0 Å². The van der Waals surface area contributed by atoms with E-state index in [-0.39, 0.29) is 0 Å². The number of nitrogens with two attached hydrogens (primary N) is 1. The maximum Gasteiger partial charge on any atom is 0.200 e. The summed E-state index contributed by atoms with van der Waals surface area (Å²) in [5, 5.41) is 10.5. The number of nitrogens with zero attached hydrogens (tertiary/aromatic N) is 3. The third-order valence-electron chi connectivity index (χ3n) is 2.20. The highest BCUT2D eigenvalue weighted by molar-refractivity contribution is 5.89. The molecule has 1 aromatic rings. The van der Waals surface area contributed by atoms with Crippen molar-refractivity contribution < 1.29 is 14.6 Å². The van der Waals surface area contributed by atoms with Gasteiger partial charge in [0.05, 0.1) is 12.2 Å². The fraction of sp³-hybridized carbons (Fsp3) is 0.0909. The van der Waals surface area contributed by atoms with Crippen molar-refractivity contribution in [2.75, 3.05) is 0 Å². The highest BCUT2D eigenvalue weighted by atomic mass is 16.4. The molecule has 0 aliphatic carbocycles. The van der Waals surface area contributed by atoms with Gasteiger partial charge in [0.1, 0.15) is 6.04 Å². The van der Waals surface area contributed by atoms with Crippen LogP contribution in [-0.4, -0.2) is 32.9 Å². The van der Waals surface area contributed by atoms with E-state index in [1.54, 1.807) is 36.9 Å². The van der Waals surface area contributed by atoms with Crippen LogP contribution in [0.4, 0.5) is 0 Å². The number of carboxylic acid groups (broad SMARTS) is 1. The number of allylic oxidation sites excluding steroid dienone is 2. The van der Waals surface area contributed by atoms with Crippen LogP contribution >= 0.6 is 0 Å². The number of carbonyl (C=O) groups excluding carboxylic acids is 1. The third kappa shape index (κ3) is 2.77. The Morgan fingerprint density at radius 1 is 1.50 bits per heavy atom. The molecule has 3 N–H and O–H groups in total. The number of aliphatic carboxylic acids is 1. The molecule has 0 radical (unpaired) electrons. The summed E-state index contributed by atoms with van der Waals surface area (Å²) in [6.07, 6.45) is 9.57. The number of hydrazine groups is 1. The summed E-state index contributed by atoms with van der Waals surface area (Å²) >= 11 is 0. The van der Waals surface area contributed by atoms with Crippen molar-refractivity contribution in [2.24, 2.45) is 5.73 Å². The molecule has 1 aliphatic heterocycles. The zero-order valence-corrected chi connectivity index (χ0v) is 9.35. The molecular formula is C11H11N5O2. The number of hydrazone groups is 1. The maximum atomic E-state index is 10.5. The topological polar surface area (TPSA) is 107 Å². The zero-order valence-electron chi connectivity index (χ0n) is 9.35. The normalized spacial score (nSPS) is 18.1. The van der Waals surface area contributed by atoms with Crippen LogP contribution in [0, 0.1) is 0 Å². The smallest absolute Gasteiger partial charge is 0.200 e. The lowest BCUT2D eigenvalue weighted by Crippen LogP contribution is -2.45. The van der Waals surface area contributed by atoms with Crippen molar-refractivity contribution in [2.45, 2.75) is 6.04 Å². The van der Waals surface area contributed by atoms with Crippen LogP contribution in [0.25, 0.3) is 5.57 Å². The fourth-order valence-electron chi connectivity index (χ4n) is 1.31. The fourth-order valence-corrected chi connectivity index (χ4v) is 1.31. The van der Waals surface area contributed by atoms with Crippen LogP contribution in [0.3, 0.4) is 0 Å². The Morgan fingerprint density at radius 3 is 2.78 bits per heavy atom. The molecule has 1 aliphatic rings. The monoisotopic (exact) mass is 245 g/mol. The number of aromatic nitrogens is 2. The molecule has 0 fully saturated rings. The number of rotatable bonds is 3. The van der Waals surface area contributed by atoms with Crippen molar-refractivity contribution >= 4 is 17.8 Å². The lowest BCUT2D eigenvalue weighted by Gasteiger charge is -2.08. The van der Waals surface area contributed by atoms with Crippen LogP contribution in [0.15, 0.2) is 36.9 Å². The summed E-state index contributed by atoms with van der Waals surface area (Å²) in [4.78, 5) is 18.7. The highest BCUT2D eigenvalue weighted by Gasteiger charge is 2.12. The van der Waals surface area contributed by atoms with Gasteiger partial charge in [0, 0.05) is 24.0 Å².